The standard InChI is InChI=1S/C14H26N4/c1-11(2)15-7-12-8-17-13(9-16-12)18(6)10-14(3,4)5/h8-9,11,15H,7,10H2,1-6H3. The molecule has 0 aromatic carbocycles. The normalized spacial score (nSPS) is 11.9. The third-order valence-corrected chi connectivity index (χ3v) is 2.49. The maximum atomic E-state index is 4.46. The van der Waals surface area contributed by atoms with Crippen molar-refractivity contribution < 1.29 is 0 Å². The van der Waals surface area contributed by atoms with Gasteiger partial charge in [-0.2, -0.15) is 0 Å². The van der Waals surface area contributed by atoms with E-state index in [-0.39, 0.29) is 5.41 Å². The van der Waals surface area contributed by atoms with Crippen LogP contribution in [0.3, 0.4) is 0 Å². The van der Waals surface area contributed by atoms with E-state index in [0.717, 1.165) is 24.6 Å². The third-order valence-electron chi connectivity index (χ3n) is 2.49. The maximum absolute atomic E-state index is 4.46. The van der Waals surface area contributed by atoms with E-state index in [1.807, 2.05) is 12.4 Å². The van der Waals surface area contributed by atoms with Crippen molar-refractivity contribution in [1.82, 2.24) is 15.3 Å². The Balaban J connectivity index is 2.59. The Morgan fingerprint density at radius 2 is 1.89 bits per heavy atom. The van der Waals surface area contributed by atoms with Gasteiger partial charge in [0, 0.05) is 26.2 Å². The Labute approximate surface area is 111 Å². The zero-order chi connectivity index (χ0) is 13.8. The molecule has 18 heavy (non-hydrogen) atoms. The lowest BCUT2D eigenvalue weighted by Crippen LogP contribution is -2.30. The van der Waals surface area contributed by atoms with E-state index in [9.17, 15) is 0 Å². The van der Waals surface area contributed by atoms with E-state index in [1.165, 1.54) is 0 Å². The number of nitrogens with one attached hydrogen (secondary N) is 1. The quantitative estimate of drug-likeness (QED) is 0.871. The van der Waals surface area contributed by atoms with Gasteiger partial charge in [0.2, 0.25) is 0 Å². The Morgan fingerprint density at radius 1 is 1.22 bits per heavy atom. The molecule has 1 heterocycles. The van der Waals surface area contributed by atoms with Gasteiger partial charge in [-0.3, -0.25) is 4.98 Å². The molecule has 0 aliphatic rings. The number of hydrogen-bond acceptors (Lipinski definition) is 4. The molecule has 102 valence electrons. The molecule has 0 unspecified atom stereocenters. The summed E-state index contributed by atoms with van der Waals surface area (Å²) in [4.78, 5) is 11.0. The second-order valence-corrected chi connectivity index (χ2v) is 6.32. The van der Waals surface area contributed by atoms with Crippen molar-refractivity contribution in [3.05, 3.63) is 18.1 Å². The van der Waals surface area contributed by atoms with Crippen molar-refractivity contribution in [2.75, 3.05) is 18.5 Å². The highest BCUT2D eigenvalue weighted by molar-refractivity contribution is 5.34. The van der Waals surface area contributed by atoms with E-state index in [1.54, 1.807) is 0 Å². The highest BCUT2D eigenvalue weighted by atomic mass is 15.2. The summed E-state index contributed by atoms with van der Waals surface area (Å²) in [6.45, 7) is 12.6. The van der Waals surface area contributed by atoms with Crippen molar-refractivity contribution in [2.45, 2.75) is 47.2 Å². The van der Waals surface area contributed by atoms with E-state index < -0.39 is 0 Å². The van der Waals surface area contributed by atoms with Gasteiger partial charge in [-0.15, -0.1) is 0 Å². The highest BCUT2D eigenvalue weighted by Crippen LogP contribution is 2.17. The number of aromatic nitrogens is 2. The Morgan fingerprint density at radius 3 is 2.33 bits per heavy atom. The van der Waals surface area contributed by atoms with Gasteiger partial charge in [0.25, 0.3) is 0 Å². The lowest BCUT2D eigenvalue weighted by Gasteiger charge is -2.27. The Bertz CT molecular complexity index is 351. The largest absolute Gasteiger partial charge is 0.358 e. The van der Waals surface area contributed by atoms with Crippen LogP contribution in [0.25, 0.3) is 0 Å². The van der Waals surface area contributed by atoms with Crippen molar-refractivity contribution in [1.29, 1.82) is 0 Å². The summed E-state index contributed by atoms with van der Waals surface area (Å²) >= 11 is 0. The first kappa shape index (κ1) is 14.9. The molecule has 0 aliphatic carbocycles. The minimum absolute atomic E-state index is 0.258. The molecule has 1 N–H and O–H groups in total. The van der Waals surface area contributed by atoms with Crippen LogP contribution in [0, 0.1) is 5.41 Å². The summed E-state index contributed by atoms with van der Waals surface area (Å²) in [5, 5.41) is 3.33. The first-order valence-electron chi connectivity index (χ1n) is 6.53. The first-order valence-corrected chi connectivity index (χ1v) is 6.53. The third kappa shape index (κ3) is 5.45. The molecule has 0 amide bonds. The van der Waals surface area contributed by atoms with Gasteiger partial charge in [0.15, 0.2) is 0 Å². The molecular weight excluding hydrogens is 224 g/mol. The molecule has 0 spiro atoms. The molecule has 1 aromatic heterocycles. The van der Waals surface area contributed by atoms with Gasteiger partial charge in [-0.25, -0.2) is 4.98 Å². The van der Waals surface area contributed by atoms with E-state index in [4.69, 9.17) is 0 Å². The molecule has 1 aromatic rings. The topological polar surface area (TPSA) is 41.1 Å². The minimum atomic E-state index is 0.258. The van der Waals surface area contributed by atoms with Gasteiger partial charge < -0.3 is 10.2 Å². The van der Waals surface area contributed by atoms with Gasteiger partial charge >= 0.3 is 0 Å². The van der Waals surface area contributed by atoms with Crippen molar-refractivity contribution in [3.63, 3.8) is 0 Å². The number of hydrogen-bond donors (Lipinski definition) is 1. The average molecular weight is 250 g/mol. The van der Waals surface area contributed by atoms with Crippen LogP contribution < -0.4 is 10.2 Å². The van der Waals surface area contributed by atoms with E-state index in [0.29, 0.717) is 6.04 Å². The zero-order valence-electron chi connectivity index (χ0n) is 12.5. The second kappa shape index (κ2) is 6.14. The zero-order valence-corrected chi connectivity index (χ0v) is 12.5. The first-order chi connectivity index (χ1) is 8.28. The van der Waals surface area contributed by atoms with Gasteiger partial charge in [0.05, 0.1) is 18.1 Å². The summed E-state index contributed by atoms with van der Waals surface area (Å²) in [6, 6.07) is 0.468. The fourth-order valence-corrected chi connectivity index (χ4v) is 1.74. The molecule has 1 rings (SSSR count). The van der Waals surface area contributed by atoms with Crippen LogP contribution in [-0.4, -0.2) is 29.6 Å². The number of rotatable bonds is 5. The van der Waals surface area contributed by atoms with Crippen LogP contribution in [0.4, 0.5) is 5.82 Å². The van der Waals surface area contributed by atoms with Crippen LogP contribution in [0.5, 0.6) is 0 Å². The monoisotopic (exact) mass is 250 g/mol. The predicted octanol–water partition coefficient (Wildman–Crippen LogP) is 2.46. The second-order valence-electron chi connectivity index (χ2n) is 6.32. The van der Waals surface area contributed by atoms with Crippen LogP contribution in [0.2, 0.25) is 0 Å². The molecule has 4 heteroatoms. The SMILES string of the molecule is CC(C)NCc1cnc(N(C)CC(C)(C)C)cn1. The van der Waals surface area contributed by atoms with E-state index >= 15 is 0 Å². The smallest absolute Gasteiger partial charge is 0.146 e. The molecule has 0 saturated heterocycles. The van der Waals surface area contributed by atoms with Crippen LogP contribution >= 0.6 is 0 Å². The summed E-state index contributed by atoms with van der Waals surface area (Å²) in [5.41, 5.74) is 1.24. The van der Waals surface area contributed by atoms with Crippen molar-refractivity contribution in [3.8, 4) is 0 Å². The molecule has 0 aliphatic heterocycles. The number of anilines is 1. The van der Waals surface area contributed by atoms with Gasteiger partial charge in [-0.05, 0) is 5.41 Å². The maximum Gasteiger partial charge on any atom is 0.146 e. The lowest BCUT2D eigenvalue weighted by atomic mass is 9.96. The van der Waals surface area contributed by atoms with Crippen LogP contribution in [-0.2, 0) is 6.54 Å². The minimum Gasteiger partial charge on any atom is -0.358 e. The molecule has 0 bridgehead atoms. The summed E-state index contributed by atoms with van der Waals surface area (Å²) in [5.74, 6) is 0.929. The number of nitrogens with zero attached hydrogens (tertiary/aromatic N) is 3. The molecule has 0 radical (unpaired) electrons. The average Bonchev–Trinajstić information content (AvgIpc) is 2.24. The van der Waals surface area contributed by atoms with Gasteiger partial charge in [0.1, 0.15) is 5.82 Å². The van der Waals surface area contributed by atoms with E-state index in [2.05, 4.69) is 61.9 Å². The summed E-state index contributed by atoms with van der Waals surface area (Å²) in [6.07, 6.45) is 3.70. The lowest BCUT2D eigenvalue weighted by molar-refractivity contribution is 0.417. The summed E-state index contributed by atoms with van der Waals surface area (Å²) in [7, 11) is 2.06. The molecule has 4 nitrogen and oxygen atoms in total. The van der Waals surface area contributed by atoms with Crippen LogP contribution in [0.15, 0.2) is 12.4 Å². The Kier molecular flexibility index (Phi) is 5.08. The van der Waals surface area contributed by atoms with Crippen LogP contribution in [0.1, 0.15) is 40.3 Å². The van der Waals surface area contributed by atoms with Crippen molar-refractivity contribution in [2.24, 2.45) is 5.41 Å². The Hall–Kier alpha value is -1.16. The molecule has 0 saturated carbocycles. The van der Waals surface area contributed by atoms with Gasteiger partial charge in [-0.1, -0.05) is 34.6 Å². The predicted molar refractivity (Wildman–Crippen MR) is 76.7 cm³/mol. The fraction of sp³-hybridized carbons (Fsp3) is 0.714. The molecular formula is C14H26N4. The molecule has 0 fully saturated rings. The summed E-state index contributed by atoms with van der Waals surface area (Å²) < 4.78 is 0. The molecule has 0 atom stereocenters. The fourth-order valence-electron chi connectivity index (χ4n) is 1.74. The van der Waals surface area contributed by atoms with Crippen molar-refractivity contribution >= 4 is 5.82 Å². The highest BCUT2D eigenvalue weighted by Gasteiger charge is 2.14.